The predicted octanol–water partition coefficient (Wildman–Crippen LogP) is 1.95. The minimum absolute atomic E-state index is 0.124. The van der Waals surface area contributed by atoms with Crippen LogP contribution >= 0.6 is 0 Å². The van der Waals surface area contributed by atoms with Gasteiger partial charge in [0.1, 0.15) is 11.6 Å². The molecule has 7 nitrogen and oxygen atoms in total. The quantitative estimate of drug-likeness (QED) is 0.848. The summed E-state index contributed by atoms with van der Waals surface area (Å²) in [5, 5.41) is 9.67. The van der Waals surface area contributed by atoms with Crippen LogP contribution in [0.4, 0.5) is 5.82 Å². The highest BCUT2D eigenvalue weighted by molar-refractivity contribution is 5.95. The fraction of sp³-hybridized carbons (Fsp3) is 0.353. The number of aryl methyl sites for hydroxylation is 1. The molecule has 1 heterocycles. The highest BCUT2D eigenvalue weighted by Gasteiger charge is 2.15. The van der Waals surface area contributed by atoms with Crippen molar-refractivity contribution in [2.24, 2.45) is 13.0 Å². The largest absolute Gasteiger partial charge is 0.497 e. The Labute approximate surface area is 141 Å². The number of ether oxygens (including phenoxy) is 1. The summed E-state index contributed by atoms with van der Waals surface area (Å²) < 4.78 is 6.63. The normalized spacial score (nSPS) is 10.5. The highest BCUT2D eigenvalue weighted by Crippen LogP contribution is 2.13. The number of nitrogens with zero attached hydrogens (tertiary/aromatic N) is 2. The Morgan fingerprint density at radius 1 is 1.29 bits per heavy atom. The molecule has 0 atom stereocenters. The highest BCUT2D eigenvalue weighted by atomic mass is 16.5. The monoisotopic (exact) mass is 330 g/mol. The van der Waals surface area contributed by atoms with Crippen molar-refractivity contribution in [3.63, 3.8) is 0 Å². The Balaban J connectivity index is 2.01. The van der Waals surface area contributed by atoms with Crippen LogP contribution in [0.25, 0.3) is 0 Å². The second-order valence-electron chi connectivity index (χ2n) is 5.72. The van der Waals surface area contributed by atoms with Crippen LogP contribution in [0.1, 0.15) is 29.9 Å². The Kier molecular flexibility index (Phi) is 5.57. The zero-order valence-corrected chi connectivity index (χ0v) is 14.3. The molecule has 2 rings (SSSR count). The smallest absolute Gasteiger partial charge is 0.272 e. The third kappa shape index (κ3) is 4.34. The number of nitrogens with one attached hydrogen (secondary N) is 2. The van der Waals surface area contributed by atoms with E-state index in [0.717, 1.165) is 11.3 Å². The van der Waals surface area contributed by atoms with Crippen molar-refractivity contribution in [3.8, 4) is 5.75 Å². The molecule has 24 heavy (non-hydrogen) atoms. The minimum Gasteiger partial charge on any atom is -0.497 e. The molecule has 1 aromatic carbocycles. The van der Waals surface area contributed by atoms with Crippen molar-refractivity contribution in [2.75, 3.05) is 12.4 Å². The SMILES string of the molecule is COc1cccc(CNC(=O)c2cc(NC(=O)C(C)C)n(C)n2)c1. The summed E-state index contributed by atoms with van der Waals surface area (Å²) in [4.78, 5) is 24.0. The lowest BCUT2D eigenvalue weighted by molar-refractivity contribution is -0.118. The number of amides is 2. The van der Waals surface area contributed by atoms with Gasteiger partial charge in [0.05, 0.1) is 7.11 Å². The molecule has 0 aliphatic rings. The van der Waals surface area contributed by atoms with Crippen LogP contribution < -0.4 is 15.4 Å². The molecule has 1 aromatic heterocycles. The van der Waals surface area contributed by atoms with E-state index in [0.29, 0.717) is 12.4 Å². The first-order valence-corrected chi connectivity index (χ1v) is 7.66. The van der Waals surface area contributed by atoms with Crippen molar-refractivity contribution in [1.82, 2.24) is 15.1 Å². The van der Waals surface area contributed by atoms with Crippen LogP contribution in [0.3, 0.4) is 0 Å². The van der Waals surface area contributed by atoms with Crippen molar-refractivity contribution < 1.29 is 14.3 Å². The van der Waals surface area contributed by atoms with Crippen molar-refractivity contribution in [3.05, 3.63) is 41.6 Å². The number of aromatic nitrogens is 2. The van der Waals surface area contributed by atoms with Crippen LogP contribution in [-0.2, 0) is 18.4 Å². The van der Waals surface area contributed by atoms with Gasteiger partial charge >= 0.3 is 0 Å². The van der Waals surface area contributed by atoms with Gasteiger partial charge in [-0.2, -0.15) is 5.10 Å². The summed E-state index contributed by atoms with van der Waals surface area (Å²) in [6.45, 7) is 3.96. The average molecular weight is 330 g/mol. The Bertz CT molecular complexity index is 737. The van der Waals surface area contributed by atoms with Crippen molar-refractivity contribution in [1.29, 1.82) is 0 Å². The van der Waals surface area contributed by atoms with E-state index < -0.39 is 0 Å². The summed E-state index contributed by atoms with van der Waals surface area (Å²) >= 11 is 0. The molecule has 0 aliphatic carbocycles. The first-order valence-electron chi connectivity index (χ1n) is 7.66. The van der Waals surface area contributed by atoms with Gasteiger partial charge in [0.25, 0.3) is 5.91 Å². The molecule has 0 radical (unpaired) electrons. The molecule has 2 aromatic rings. The second kappa shape index (κ2) is 7.63. The third-order valence-corrected chi connectivity index (χ3v) is 3.48. The Hall–Kier alpha value is -2.83. The summed E-state index contributed by atoms with van der Waals surface area (Å²) in [6.07, 6.45) is 0. The van der Waals surface area contributed by atoms with E-state index in [4.69, 9.17) is 4.74 Å². The molecule has 2 amide bonds. The first kappa shape index (κ1) is 17.5. The minimum atomic E-state index is -0.307. The van der Waals surface area contributed by atoms with E-state index in [9.17, 15) is 9.59 Å². The number of methoxy groups -OCH3 is 1. The number of carbonyl (C=O) groups is 2. The van der Waals surface area contributed by atoms with Crippen LogP contribution in [0.15, 0.2) is 30.3 Å². The van der Waals surface area contributed by atoms with Crippen molar-refractivity contribution in [2.45, 2.75) is 20.4 Å². The fourth-order valence-corrected chi connectivity index (χ4v) is 2.02. The van der Waals surface area contributed by atoms with E-state index in [1.807, 2.05) is 24.3 Å². The van der Waals surface area contributed by atoms with Gasteiger partial charge in [-0.3, -0.25) is 14.3 Å². The number of rotatable bonds is 6. The summed E-state index contributed by atoms with van der Waals surface area (Å²) in [5.41, 5.74) is 1.17. The number of carbonyl (C=O) groups excluding carboxylic acids is 2. The molecule has 0 unspecified atom stereocenters. The van der Waals surface area contributed by atoms with Gasteiger partial charge in [0.2, 0.25) is 5.91 Å². The molecule has 0 saturated carbocycles. The van der Waals surface area contributed by atoms with Gasteiger partial charge in [0, 0.05) is 25.6 Å². The molecule has 0 saturated heterocycles. The van der Waals surface area contributed by atoms with Gasteiger partial charge < -0.3 is 15.4 Å². The van der Waals surface area contributed by atoms with Crippen LogP contribution in [0.5, 0.6) is 5.75 Å². The molecule has 0 spiro atoms. The van der Waals surface area contributed by atoms with Gasteiger partial charge in [0.15, 0.2) is 5.69 Å². The van der Waals surface area contributed by atoms with E-state index in [-0.39, 0.29) is 23.4 Å². The molecule has 2 N–H and O–H groups in total. The second-order valence-corrected chi connectivity index (χ2v) is 5.72. The van der Waals surface area contributed by atoms with E-state index in [1.165, 1.54) is 4.68 Å². The molecule has 0 fully saturated rings. The van der Waals surface area contributed by atoms with E-state index in [2.05, 4.69) is 15.7 Å². The first-order chi connectivity index (χ1) is 11.4. The maximum Gasteiger partial charge on any atom is 0.272 e. The van der Waals surface area contributed by atoms with Crippen LogP contribution in [-0.4, -0.2) is 28.7 Å². The number of benzene rings is 1. The number of hydrogen-bond donors (Lipinski definition) is 2. The Morgan fingerprint density at radius 2 is 2.04 bits per heavy atom. The summed E-state index contributed by atoms with van der Waals surface area (Å²) in [5.74, 6) is 0.642. The standard InChI is InChI=1S/C17H22N4O3/c1-11(2)16(22)19-15-9-14(20-21(15)3)17(23)18-10-12-6-5-7-13(8-12)24-4/h5-9,11H,10H2,1-4H3,(H,18,23)(H,19,22). The van der Waals surface area contributed by atoms with Gasteiger partial charge in [-0.15, -0.1) is 0 Å². The van der Waals surface area contributed by atoms with Crippen LogP contribution in [0.2, 0.25) is 0 Å². The molecule has 0 aliphatic heterocycles. The zero-order valence-electron chi connectivity index (χ0n) is 14.3. The molecular weight excluding hydrogens is 308 g/mol. The number of hydrogen-bond acceptors (Lipinski definition) is 4. The van der Waals surface area contributed by atoms with E-state index in [1.54, 1.807) is 34.1 Å². The third-order valence-electron chi connectivity index (χ3n) is 3.48. The number of anilines is 1. The van der Waals surface area contributed by atoms with Gasteiger partial charge in [-0.05, 0) is 17.7 Å². The van der Waals surface area contributed by atoms with Crippen LogP contribution in [0, 0.1) is 5.92 Å². The fourth-order valence-electron chi connectivity index (χ4n) is 2.02. The molecule has 0 bridgehead atoms. The lowest BCUT2D eigenvalue weighted by Crippen LogP contribution is -2.23. The molecular formula is C17H22N4O3. The van der Waals surface area contributed by atoms with Gasteiger partial charge in [-0.25, -0.2) is 0 Å². The van der Waals surface area contributed by atoms with Gasteiger partial charge in [-0.1, -0.05) is 26.0 Å². The topological polar surface area (TPSA) is 85.3 Å². The maximum absolute atomic E-state index is 12.2. The zero-order chi connectivity index (χ0) is 17.7. The lowest BCUT2D eigenvalue weighted by atomic mass is 10.2. The van der Waals surface area contributed by atoms with E-state index >= 15 is 0 Å². The predicted molar refractivity (Wildman–Crippen MR) is 90.8 cm³/mol. The summed E-state index contributed by atoms with van der Waals surface area (Å²) in [7, 11) is 3.27. The average Bonchev–Trinajstić information content (AvgIpc) is 2.93. The summed E-state index contributed by atoms with van der Waals surface area (Å²) in [6, 6.07) is 9.01. The molecule has 128 valence electrons. The van der Waals surface area contributed by atoms with Crippen molar-refractivity contribution >= 4 is 17.6 Å². The Morgan fingerprint density at radius 3 is 2.71 bits per heavy atom. The maximum atomic E-state index is 12.2. The molecule has 7 heteroatoms. The lowest BCUT2D eigenvalue weighted by Gasteiger charge is -2.06.